The quantitative estimate of drug-likeness (QED) is 0.562. The highest BCUT2D eigenvalue weighted by Crippen LogP contribution is 2.47. The van der Waals surface area contributed by atoms with Crippen LogP contribution in [0.3, 0.4) is 0 Å². The lowest BCUT2D eigenvalue weighted by Crippen LogP contribution is -2.36. The molecule has 0 radical (unpaired) electrons. The van der Waals surface area contributed by atoms with Crippen molar-refractivity contribution in [1.82, 2.24) is 4.98 Å². The molecule has 0 aliphatic carbocycles. The fraction of sp³-hybridized carbons (Fsp3) is 0.375. The van der Waals surface area contributed by atoms with Crippen molar-refractivity contribution < 1.29 is 39.5 Å². The van der Waals surface area contributed by atoms with E-state index in [9.17, 15) is 39.5 Å². The van der Waals surface area contributed by atoms with Gasteiger partial charge >= 0.3 is 18.3 Å². The highest BCUT2D eigenvalue weighted by Gasteiger charge is 2.61. The van der Waals surface area contributed by atoms with Gasteiger partial charge in [0.15, 0.2) is 0 Å². The van der Waals surface area contributed by atoms with E-state index >= 15 is 0 Å². The number of pyridine rings is 1. The average Bonchev–Trinajstić information content (AvgIpc) is 2.13. The second kappa shape index (κ2) is 4.02. The molecule has 0 saturated heterocycles. The van der Waals surface area contributed by atoms with Crippen LogP contribution in [-0.4, -0.2) is 11.2 Å². The molecule has 0 spiro atoms. The summed E-state index contributed by atoms with van der Waals surface area (Å²) in [6.07, 6.45) is -12.2. The molecule has 0 aromatic carbocycles. The third-order valence-corrected chi connectivity index (χ3v) is 1.87. The van der Waals surface area contributed by atoms with Crippen molar-refractivity contribution in [3.63, 3.8) is 0 Å². The van der Waals surface area contributed by atoms with Crippen LogP contribution in [-0.2, 0) is 12.1 Å². The molecule has 0 N–H and O–H groups in total. The van der Waals surface area contributed by atoms with Crippen molar-refractivity contribution in [3.05, 3.63) is 29.3 Å². The zero-order chi connectivity index (χ0) is 14.4. The van der Waals surface area contributed by atoms with Gasteiger partial charge in [0.2, 0.25) is 5.95 Å². The molecule has 1 rings (SSSR count). The van der Waals surface area contributed by atoms with Crippen molar-refractivity contribution in [2.45, 2.75) is 18.3 Å². The van der Waals surface area contributed by atoms with Crippen molar-refractivity contribution >= 4 is 0 Å². The smallest absolute Gasteiger partial charge is 0.228 e. The first kappa shape index (κ1) is 14.6. The Morgan fingerprint density at radius 2 is 1.33 bits per heavy atom. The molecule has 1 heterocycles. The lowest BCUT2D eigenvalue weighted by atomic mass is 10.0. The maximum atomic E-state index is 12.8. The summed E-state index contributed by atoms with van der Waals surface area (Å²) in [7, 11) is 0. The molecule has 0 bridgehead atoms. The lowest BCUT2D eigenvalue weighted by Gasteiger charge is -2.22. The predicted octanol–water partition coefficient (Wildman–Crippen LogP) is 3.89. The van der Waals surface area contributed by atoms with Crippen molar-refractivity contribution in [2.24, 2.45) is 0 Å². The highest BCUT2D eigenvalue weighted by atomic mass is 19.4. The molecule has 0 aliphatic heterocycles. The molecule has 1 aromatic rings. The summed E-state index contributed by atoms with van der Waals surface area (Å²) in [6, 6.07) is -0.587. The van der Waals surface area contributed by atoms with E-state index < -0.39 is 47.6 Å². The van der Waals surface area contributed by atoms with Crippen LogP contribution in [0.1, 0.15) is 11.1 Å². The second-order valence-electron chi connectivity index (χ2n) is 3.12. The fourth-order valence-electron chi connectivity index (χ4n) is 1.07. The largest absolute Gasteiger partial charge is 0.458 e. The minimum Gasteiger partial charge on any atom is -0.228 e. The van der Waals surface area contributed by atoms with Gasteiger partial charge in [-0.3, -0.25) is 0 Å². The number of halogens is 9. The summed E-state index contributed by atoms with van der Waals surface area (Å²) in [5.41, 5.74) is -4.86. The Kier molecular flexibility index (Phi) is 3.26. The van der Waals surface area contributed by atoms with Gasteiger partial charge < -0.3 is 0 Å². The Morgan fingerprint density at radius 1 is 0.833 bits per heavy atom. The standard InChI is InChI=1S/C8H2F9N/c9-5-1-3(6(10,11)8(15,16)17)4(2-18-5)7(12,13)14/h1-2H. The Labute approximate surface area is 93.2 Å². The lowest BCUT2D eigenvalue weighted by molar-refractivity contribution is -0.291. The first-order valence-corrected chi connectivity index (χ1v) is 4.05. The number of nitrogens with zero attached hydrogens (tertiary/aromatic N) is 1. The number of hydrogen-bond donors (Lipinski definition) is 0. The topological polar surface area (TPSA) is 12.9 Å². The Morgan fingerprint density at radius 3 is 1.72 bits per heavy atom. The van der Waals surface area contributed by atoms with E-state index in [1.54, 1.807) is 0 Å². The molecule has 0 amide bonds. The van der Waals surface area contributed by atoms with Crippen LogP contribution >= 0.6 is 0 Å². The number of alkyl halides is 8. The van der Waals surface area contributed by atoms with Crippen LogP contribution in [0.4, 0.5) is 39.5 Å². The van der Waals surface area contributed by atoms with Gasteiger partial charge in [0.05, 0.1) is 5.56 Å². The Bertz CT molecular complexity index is 445. The van der Waals surface area contributed by atoms with Crippen LogP contribution in [0.15, 0.2) is 12.3 Å². The van der Waals surface area contributed by atoms with Gasteiger partial charge in [-0.1, -0.05) is 0 Å². The summed E-state index contributed by atoms with van der Waals surface area (Å²) >= 11 is 0. The van der Waals surface area contributed by atoms with E-state index in [1.165, 1.54) is 0 Å². The van der Waals surface area contributed by atoms with Gasteiger partial charge in [-0.15, -0.1) is 0 Å². The Hall–Kier alpha value is -1.48. The third-order valence-electron chi connectivity index (χ3n) is 1.87. The normalized spacial score (nSPS) is 13.8. The van der Waals surface area contributed by atoms with Crippen LogP contribution in [0, 0.1) is 5.95 Å². The van der Waals surface area contributed by atoms with Gasteiger partial charge in [-0.25, -0.2) is 4.98 Å². The van der Waals surface area contributed by atoms with Crippen molar-refractivity contribution in [3.8, 4) is 0 Å². The second-order valence-corrected chi connectivity index (χ2v) is 3.12. The SMILES string of the molecule is Fc1cc(C(F)(F)C(F)(F)F)c(C(F)(F)F)cn1. The molecule has 1 aromatic heterocycles. The van der Waals surface area contributed by atoms with E-state index in [2.05, 4.69) is 4.98 Å². The van der Waals surface area contributed by atoms with E-state index in [0.717, 1.165) is 0 Å². The molecule has 0 aliphatic rings. The summed E-state index contributed by atoms with van der Waals surface area (Å²) < 4.78 is 111. The van der Waals surface area contributed by atoms with Crippen LogP contribution < -0.4 is 0 Å². The maximum Gasteiger partial charge on any atom is 0.458 e. The van der Waals surface area contributed by atoms with Crippen LogP contribution in [0.5, 0.6) is 0 Å². The van der Waals surface area contributed by atoms with Crippen molar-refractivity contribution in [1.29, 1.82) is 0 Å². The van der Waals surface area contributed by atoms with Gasteiger partial charge in [0.25, 0.3) is 0 Å². The predicted molar refractivity (Wildman–Crippen MR) is 39.1 cm³/mol. The highest BCUT2D eigenvalue weighted by molar-refractivity contribution is 5.31. The van der Waals surface area contributed by atoms with E-state index in [4.69, 9.17) is 0 Å². The summed E-state index contributed by atoms with van der Waals surface area (Å²) in [6.45, 7) is 0. The molecule has 0 unspecified atom stereocenters. The van der Waals surface area contributed by atoms with Crippen LogP contribution in [0.2, 0.25) is 0 Å². The number of rotatable bonds is 1. The number of hydrogen-bond acceptors (Lipinski definition) is 1. The van der Waals surface area contributed by atoms with Crippen LogP contribution in [0.25, 0.3) is 0 Å². The number of aromatic nitrogens is 1. The fourth-order valence-corrected chi connectivity index (χ4v) is 1.07. The maximum absolute atomic E-state index is 12.8. The minimum absolute atomic E-state index is 0.412. The van der Waals surface area contributed by atoms with E-state index in [-0.39, 0.29) is 0 Å². The van der Waals surface area contributed by atoms with Gasteiger partial charge in [0.1, 0.15) is 0 Å². The molecule has 1 nitrogen and oxygen atoms in total. The average molecular weight is 283 g/mol. The molecule has 0 fully saturated rings. The first-order chi connectivity index (χ1) is 7.87. The molecule has 0 saturated carbocycles. The Balaban J connectivity index is 3.53. The molecular formula is C8H2F9N. The molecule has 102 valence electrons. The third kappa shape index (κ3) is 2.51. The van der Waals surface area contributed by atoms with Gasteiger partial charge in [-0.2, -0.15) is 39.5 Å². The van der Waals surface area contributed by atoms with E-state index in [0.29, 0.717) is 0 Å². The zero-order valence-corrected chi connectivity index (χ0v) is 8.00. The first-order valence-electron chi connectivity index (χ1n) is 4.05. The van der Waals surface area contributed by atoms with Gasteiger partial charge in [0, 0.05) is 17.8 Å². The van der Waals surface area contributed by atoms with E-state index in [1.807, 2.05) is 0 Å². The van der Waals surface area contributed by atoms with Gasteiger partial charge in [-0.05, 0) is 0 Å². The summed E-state index contributed by atoms with van der Waals surface area (Å²) in [5.74, 6) is -7.70. The summed E-state index contributed by atoms with van der Waals surface area (Å²) in [4.78, 5) is 2.41. The summed E-state index contributed by atoms with van der Waals surface area (Å²) in [5, 5.41) is 0. The monoisotopic (exact) mass is 283 g/mol. The molecule has 10 heteroatoms. The molecule has 18 heavy (non-hydrogen) atoms. The molecule has 0 atom stereocenters. The molecular weight excluding hydrogens is 281 g/mol. The zero-order valence-electron chi connectivity index (χ0n) is 8.00. The van der Waals surface area contributed by atoms with Crippen molar-refractivity contribution in [2.75, 3.05) is 0 Å². The minimum atomic E-state index is -6.28.